The van der Waals surface area contributed by atoms with Gasteiger partial charge in [0.1, 0.15) is 0 Å². The van der Waals surface area contributed by atoms with Gasteiger partial charge in [-0.15, -0.1) is 11.3 Å². The highest BCUT2D eigenvalue weighted by Crippen LogP contribution is 2.35. The number of pyridine rings is 1. The summed E-state index contributed by atoms with van der Waals surface area (Å²) >= 11 is 1.02. The third-order valence-electron chi connectivity index (χ3n) is 3.41. The van der Waals surface area contributed by atoms with Gasteiger partial charge in [0.2, 0.25) is 5.56 Å². The lowest BCUT2D eigenvalue weighted by atomic mass is 10.2. The molecule has 0 aliphatic heterocycles. The fraction of sp³-hybridized carbons (Fsp3) is 0.0625. The van der Waals surface area contributed by atoms with E-state index in [2.05, 4.69) is 9.97 Å². The molecule has 1 aromatic carbocycles. The minimum absolute atomic E-state index is 0.0564. The Morgan fingerprint density at radius 3 is 2.65 bits per heavy atom. The van der Waals surface area contributed by atoms with Crippen LogP contribution in [0.5, 0.6) is 0 Å². The van der Waals surface area contributed by atoms with Crippen molar-refractivity contribution in [2.45, 2.75) is 6.18 Å². The maximum atomic E-state index is 12.9. The van der Waals surface area contributed by atoms with Gasteiger partial charge in [-0.1, -0.05) is 6.07 Å². The fourth-order valence-electron chi connectivity index (χ4n) is 2.26. The van der Waals surface area contributed by atoms with Gasteiger partial charge >= 0.3 is 12.2 Å². The number of carbonyl (C=O) groups excluding carboxylic acids is 1. The van der Waals surface area contributed by atoms with Gasteiger partial charge in [0, 0.05) is 23.2 Å². The Morgan fingerprint density at radius 1 is 1.23 bits per heavy atom. The highest BCUT2D eigenvalue weighted by atomic mass is 32.1. The van der Waals surface area contributed by atoms with Crippen molar-refractivity contribution in [3.8, 4) is 11.3 Å². The number of carbonyl (C=O) groups is 1. The van der Waals surface area contributed by atoms with Crippen molar-refractivity contribution in [1.82, 2.24) is 9.97 Å². The molecule has 0 fully saturated rings. The second-order valence-corrected chi connectivity index (χ2v) is 6.02. The van der Waals surface area contributed by atoms with Crippen LogP contribution in [0.4, 0.5) is 28.8 Å². The normalized spacial score (nSPS) is 11.3. The summed E-state index contributed by atoms with van der Waals surface area (Å²) in [5.74, 6) is 0. The van der Waals surface area contributed by atoms with E-state index in [-0.39, 0.29) is 16.4 Å². The minimum Gasteiger partial charge on any atom is -0.351 e. The van der Waals surface area contributed by atoms with E-state index in [0.717, 1.165) is 28.4 Å². The second-order valence-electron chi connectivity index (χ2n) is 5.18. The molecule has 0 atom stereocenters. The van der Waals surface area contributed by atoms with Crippen LogP contribution in [0.3, 0.4) is 0 Å². The number of H-pyrrole nitrogens is 1. The van der Waals surface area contributed by atoms with Gasteiger partial charge in [-0.2, -0.15) is 13.2 Å². The number of primary amides is 1. The molecule has 10 heteroatoms. The molecule has 26 heavy (non-hydrogen) atoms. The molecular weight excluding hydrogens is 369 g/mol. The predicted molar refractivity (Wildman–Crippen MR) is 91.3 cm³/mol. The van der Waals surface area contributed by atoms with Gasteiger partial charge in [0.15, 0.2) is 5.13 Å². The summed E-state index contributed by atoms with van der Waals surface area (Å²) < 4.78 is 38.8. The van der Waals surface area contributed by atoms with Gasteiger partial charge in [-0.05, 0) is 24.3 Å². The Hall–Kier alpha value is -3.14. The third kappa shape index (κ3) is 3.59. The molecule has 2 aromatic heterocycles. The number of alkyl halides is 3. The van der Waals surface area contributed by atoms with Crippen molar-refractivity contribution >= 4 is 28.2 Å². The molecule has 2 amide bonds. The summed E-state index contributed by atoms with van der Waals surface area (Å²) in [6.07, 6.45) is -3.12. The van der Waals surface area contributed by atoms with Crippen LogP contribution in [-0.4, -0.2) is 16.0 Å². The number of aromatic amines is 1. The summed E-state index contributed by atoms with van der Waals surface area (Å²) in [5.41, 5.74) is 4.95. The molecule has 3 rings (SSSR count). The maximum absolute atomic E-state index is 12.9. The lowest BCUT2D eigenvalue weighted by molar-refractivity contribution is -0.137. The monoisotopic (exact) mass is 380 g/mol. The summed E-state index contributed by atoms with van der Waals surface area (Å²) in [5, 5.41) is 1.67. The smallest absolute Gasteiger partial charge is 0.351 e. The van der Waals surface area contributed by atoms with E-state index in [9.17, 15) is 22.8 Å². The molecule has 0 aliphatic rings. The minimum atomic E-state index is -4.56. The average Bonchev–Trinajstić information content (AvgIpc) is 3.04. The van der Waals surface area contributed by atoms with Crippen LogP contribution < -0.4 is 16.2 Å². The lowest BCUT2D eigenvalue weighted by Gasteiger charge is -2.18. The summed E-state index contributed by atoms with van der Waals surface area (Å²) in [7, 11) is 0. The van der Waals surface area contributed by atoms with Crippen LogP contribution in [0.2, 0.25) is 0 Å². The largest absolute Gasteiger partial charge is 0.416 e. The SMILES string of the molecule is NC(=O)N(c1cccc(C(F)(F)F)c1)c1nc(-c2cc[nH]c(=O)c2)cs1. The molecule has 3 aromatic rings. The van der Waals surface area contributed by atoms with Crippen LogP contribution in [0, 0.1) is 0 Å². The first-order valence-corrected chi connectivity index (χ1v) is 8.05. The first kappa shape index (κ1) is 17.7. The maximum Gasteiger partial charge on any atom is 0.416 e. The van der Waals surface area contributed by atoms with Gasteiger partial charge in [-0.25, -0.2) is 14.7 Å². The lowest BCUT2D eigenvalue weighted by Crippen LogP contribution is -2.31. The van der Waals surface area contributed by atoms with Crippen molar-refractivity contribution in [2.24, 2.45) is 5.73 Å². The molecule has 134 valence electrons. The standard InChI is InChI=1S/C16H11F3N4O2S/c17-16(18,19)10-2-1-3-11(7-10)23(14(20)25)15-22-12(8-26-15)9-4-5-21-13(24)6-9/h1-8H,(H2,20,25)(H,21,24). The Morgan fingerprint density at radius 2 is 2.00 bits per heavy atom. The quantitative estimate of drug-likeness (QED) is 0.725. The zero-order valence-corrected chi connectivity index (χ0v) is 13.8. The molecule has 0 saturated carbocycles. The summed E-state index contributed by atoms with van der Waals surface area (Å²) in [4.78, 5) is 30.8. The van der Waals surface area contributed by atoms with Crippen LogP contribution in [0.25, 0.3) is 11.3 Å². The molecule has 0 spiro atoms. The van der Waals surface area contributed by atoms with Crippen LogP contribution in [-0.2, 0) is 6.18 Å². The van der Waals surface area contributed by atoms with E-state index in [0.29, 0.717) is 11.3 Å². The topological polar surface area (TPSA) is 92.1 Å². The van der Waals surface area contributed by atoms with E-state index in [1.54, 1.807) is 11.4 Å². The zero-order chi connectivity index (χ0) is 18.9. The number of urea groups is 1. The van der Waals surface area contributed by atoms with E-state index >= 15 is 0 Å². The molecular formula is C16H11F3N4O2S. The second kappa shape index (κ2) is 6.64. The molecule has 0 saturated heterocycles. The van der Waals surface area contributed by atoms with E-state index < -0.39 is 17.8 Å². The number of aromatic nitrogens is 2. The zero-order valence-electron chi connectivity index (χ0n) is 12.9. The van der Waals surface area contributed by atoms with Crippen LogP contribution >= 0.6 is 11.3 Å². The van der Waals surface area contributed by atoms with E-state index in [1.165, 1.54) is 24.4 Å². The number of hydrogen-bond acceptors (Lipinski definition) is 4. The van der Waals surface area contributed by atoms with E-state index in [4.69, 9.17) is 5.73 Å². The van der Waals surface area contributed by atoms with Gasteiger partial charge in [0.25, 0.3) is 0 Å². The van der Waals surface area contributed by atoms with Crippen molar-refractivity contribution in [3.05, 3.63) is 63.9 Å². The number of nitrogens with one attached hydrogen (secondary N) is 1. The predicted octanol–water partition coefficient (Wildman–Crippen LogP) is 3.73. The van der Waals surface area contributed by atoms with Gasteiger partial charge in [-0.3, -0.25) is 4.79 Å². The number of nitrogens with zero attached hydrogens (tertiary/aromatic N) is 2. The molecule has 2 heterocycles. The number of amides is 2. The van der Waals surface area contributed by atoms with Crippen LogP contribution in [0.15, 0.2) is 52.8 Å². The Balaban J connectivity index is 2.03. The number of benzene rings is 1. The van der Waals surface area contributed by atoms with Crippen molar-refractivity contribution in [1.29, 1.82) is 0 Å². The number of hydrogen-bond donors (Lipinski definition) is 2. The highest BCUT2D eigenvalue weighted by molar-refractivity contribution is 7.14. The number of anilines is 2. The van der Waals surface area contributed by atoms with Crippen molar-refractivity contribution in [3.63, 3.8) is 0 Å². The number of rotatable bonds is 3. The van der Waals surface area contributed by atoms with Gasteiger partial charge < -0.3 is 10.7 Å². The molecule has 6 nitrogen and oxygen atoms in total. The Labute approximate surface area is 148 Å². The first-order chi connectivity index (χ1) is 12.3. The third-order valence-corrected chi connectivity index (χ3v) is 4.23. The average molecular weight is 380 g/mol. The highest BCUT2D eigenvalue weighted by Gasteiger charge is 2.31. The fourth-order valence-corrected chi connectivity index (χ4v) is 3.11. The number of nitrogens with two attached hydrogens (primary N) is 1. The molecule has 0 radical (unpaired) electrons. The summed E-state index contributed by atoms with van der Waals surface area (Å²) in [6, 6.07) is 6.17. The summed E-state index contributed by atoms with van der Waals surface area (Å²) in [6.45, 7) is 0. The first-order valence-electron chi connectivity index (χ1n) is 7.17. The van der Waals surface area contributed by atoms with Crippen molar-refractivity contribution < 1.29 is 18.0 Å². The molecule has 0 bridgehead atoms. The number of thiazole rings is 1. The van der Waals surface area contributed by atoms with E-state index in [1.807, 2.05) is 0 Å². The molecule has 0 unspecified atom stereocenters. The number of halogens is 3. The molecule has 3 N–H and O–H groups in total. The van der Waals surface area contributed by atoms with Gasteiger partial charge in [0.05, 0.1) is 16.9 Å². The van der Waals surface area contributed by atoms with Crippen molar-refractivity contribution in [2.75, 3.05) is 4.90 Å². The Kier molecular flexibility index (Phi) is 4.51. The van der Waals surface area contributed by atoms with Crippen LogP contribution in [0.1, 0.15) is 5.56 Å². The Bertz CT molecular complexity index is 1010. The molecule has 0 aliphatic carbocycles.